The summed E-state index contributed by atoms with van der Waals surface area (Å²) < 4.78 is 5.78. The van der Waals surface area contributed by atoms with E-state index in [9.17, 15) is 0 Å². The summed E-state index contributed by atoms with van der Waals surface area (Å²) in [6.07, 6.45) is 0.192. The average molecular weight is 269 g/mol. The molecule has 2 heteroatoms. The Balaban J connectivity index is 2.29. The van der Waals surface area contributed by atoms with E-state index < -0.39 is 0 Å². The van der Waals surface area contributed by atoms with E-state index >= 15 is 0 Å². The van der Waals surface area contributed by atoms with Gasteiger partial charge >= 0.3 is 0 Å². The minimum Gasteiger partial charge on any atom is -0.491 e. The first kappa shape index (κ1) is 14.6. The Labute approximate surface area is 121 Å². The van der Waals surface area contributed by atoms with Crippen LogP contribution in [-0.4, -0.2) is 13.2 Å². The first-order valence-electron chi connectivity index (χ1n) is 7.10. The number of hydrogen-bond donors (Lipinski definition) is 1. The molecule has 0 radical (unpaired) electrons. The standard InChI is InChI=1S/C18H23NO/c1-13(2)20-17-7-5-6-16(12-17)18(19-4)15-10-8-14(3)9-11-15/h5-13,18-19H,1-4H3. The molecule has 20 heavy (non-hydrogen) atoms. The molecular weight excluding hydrogens is 246 g/mol. The van der Waals surface area contributed by atoms with Crippen molar-refractivity contribution in [1.29, 1.82) is 0 Å². The summed E-state index contributed by atoms with van der Waals surface area (Å²) in [6, 6.07) is 17.1. The fraction of sp³-hybridized carbons (Fsp3) is 0.333. The van der Waals surface area contributed by atoms with Gasteiger partial charge in [-0.05, 0) is 51.1 Å². The molecule has 0 heterocycles. The SMILES string of the molecule is CNC(c1ccc(C)cc1)c1cccc(OC(C)C)c1. The first-order chi connectivity index (χ1) is 9.60. The third kappa shape index (κ3) is 3.61. The maximum atomic E-state index is 5.78. The molecule has 0 aliphatic carbocycles. The largest absolute Gasteiger partial charge is 0.491 e. The van der Waals surface area contributed by atoms with Crippen molar-refractivity contribution >= 4 is 0 Å². The molecule has 0 saturated heterocycles. The number of hydrogen-bond acceptors (Lipinski definition) is 2. The number of rotatable bonds is 5. The van der Waals surface area contributed by atoms with Gasteiger partial charge in [0, 0.05) is 0 Å². The molecule has 0 bridgehead atoms. The Hall–Kier alpha value is -1.80. The minimum absolute atomic E-state index is 0.186. The van der Waals surface area contributed by atoms with Gasteiger partial charge in [0.2, 0.25) is 0 Å². The van der Waals surface area contributed by atoms with Gasteiger partial charge in [-0.25, -0.2) is 0 Å². The molecule has 2 rings (SSSR count). The van der Waals surface area contributed by atoms with E-state index in [1.807, 2.05) is 33.0 Å². The summed E-state index contributed by atoms with van der Waals surface area (Å²) in [5.74, 6) is 0.921. The predicted molar refractivity (Wildman–Crippen MR) is 84.3 cm³/mol. The van der Waals surface area contributed by atoms with Crippen LogP contribution in [0.25, 0.3) is 0 Å². The predicted octanol–water partition coefficient (Wildman–Crippen LogP) is 4.09. The second-order valence-electron chi connectivity index (χ2n) is 5.37. The molecule has 2 nitrogen and oxygen atoms in total. The van der Waals surface area contributed by atoms with Crippen molar-refractivity contribution < 1.29 is 4.74 Å². The van der Waals surface area contributed by atoms with Crippen LogP contribution < -0.4 is 10.1 Å². The van der Waals surface area contributed by atoms with Gasteiger partial charge in [0.1, 0.15) is 5.75 Å². The van der Waals surface area contributed by atoms with Crippen LogP contribution in [0.15, 0.2) is 48.5 Å². The number of aryl methyl sites for hydroxylation is 1. The lowest BCUT2D eigenvalue weighted by molar-refractivity contribution is 0.242. The van der Waals surface area contributed by atoms with Crippen LogP contribution in [0.1, 0.15) is 36.6 Å². The lowest BCUT2D eigenvalue weighted by atomic mass is 9.98. The van der Waals surface area contributed by atoms with Gasteiger partial charge in [-0.1, -0.05) is 42.0 Å². The van der Waals surface area contributed by atoms with E-state index in [-0.39, 0.29) is 12.1 Å². The molecule has 0 aliphatic heterocycles. The summed E-state index contributed by atoms with van der Waals surface area (Å²) >= 11 is 0. The maximum Gasteiger partial charge on any atom is 0.120 e. The fourth-order valence-electron chi connectivity index (χ4n) is 2.32. The van der Waals surface area contributed by atoms with Crippen molar-refractivity contribution in [3.8, 4) is 5.75 Å². The number of benzene rings is 2. The highest BCUT2D eigenvalue weighted by atomic mass is 16.5. The fourth-order valence-corrected chi connectivity index (χ4v) is 2.32. The molecular formula is C18H23NO. The van der Waals surface area contributed by atoms with Gasteiger partial charge in [-0.2, -0.15) is 0 Å². The highest BCUT2D eigenvalue weighted by Crippen LogP contribution is 2.25. The normalized spacial score (nSPS) is 12.4. The van der Waals surface area contributed by atoms with Crippen LogP contribution in [0.2, 0.25) is 0 Å². The molecule has 0 aromatic heterocycles. The molecule has 0 spiro atoms. The van der Waals surface area contributed by atoms with Gasteiger partial charge in [0.05, 0.1) is 12.1 Å². The van der Waals surface area contributed by atoms with Crippen LogP contribution in [0.5, 0.6) is 5.75 Å². The highest BCUT2D eigenvalue weighted by Gasteiger charge is 2.12. The quantitative estimate of drug-likeness (QED) is 0.882. The van der Waals surface area contributed by atoms with Gasteiger partial charge < -0.3 is 10.1 Å². The Morgan fingerprint density at radius 3 is 2.25 bits per heavy atom. The molecule has 0 amide bonds. The molecule has 1 N–H and O–H groups in total. The summed E-state index contributed by atoms with van der Waals surface area (Å²) in [4.78, 5) is 0. The van der Waals surface area contributed by atoms with Gasteiger partial charge in [-0.15, -0.1) is 0 Å². The van der Waals surface area contributed by atoms with Crippen molar-refractivity contribution in [2.24, 2.45) is 0 Å². The Morgan fingerprint density at radius 1 is 0.950 bits per heavy atom. The summed E-state index contributed by atoms with van der Waals surface area (Å²) in [5.41, 5.74) is 3.76. The van der Waals surface area contributed by atoms with Gasteiger partial charge in [0.25, 0.3) is 0 Å². The zero-order valence-electron chi connectivity index (χ0n) is 12.7. The topological polar surface area (TPSA) is 21.3 Å². The van der Waals surface area contributed by atoms with Crippen molar-refractivity contribution in [3.05, 3.63) is 65.2 Å². The summed E-state index contributed by atoms with van der Waals surface area (Å²) in [5, 5.41) is 3.38. The van der Waals surface area contributed by atoms with Crippen LogP contribution >= 0.6 is 0 Å². The molecule has 1 unspecified atom stereocenters. The molecule has 2 aromatic rings. The van der Waals surface area contributed by atoms with Crippen molar-refractivity contribution in [2.45, 2.75) is 32.9 Å². The Kier molecular flexibility index (Phi) is 4.80. The van der Waals surface area contributed by atoms with Crippen LogP contribution in [0, 0.1) is 6.92 Å². The van der Waals surface area contributed by atoms with E-state index in [0.29, 0.717) is 0 Å². The second kappa shape index (κ2) is 6.58. The molecule has 0 saturated carbocycles. The third-order valence-corrected chi connectivity index (χ3v) is 3.26. The Morgan fingerprint density at radius 2 is 1.65 bits per heavy atom. The summed E-state index contributed by atoms with van der Waals surface area (Å²) in [6.45, 7) is 6.19. The average Bonchev–Trinajstić information content (AvgIpc) is 2.41. The van der Waals surface area contributed by atoms with Crippen molar-refractivity contribution in [3.63, 3.8) is 0 Å². The lowest BCUT2D eigenvalue weighted by Crippen LogP contribution is -2.17. The van der Waals surface area contributed by atoms with E-state index in [1.165, 1.54) is 16.7 Å². The molecule has 106 valence electrons. The highest BCUT2D eigenvalue weighted by molar-refractivity contribution is 5.37. The third-order valence-electron chi connectivity index (χ3n) is 3.26. The van der Waals surface area contributed by atoms with Crippen LogP contribution in [0.4, 0.5) is 0 Å². The van der Waals surface area contributed by atoms with Crippen LogP contribution in [-0.2, 0) is 0 Å². The van der Waals surface area contributed by atoms with E-state index in [2.05, 4.69) is 48.6 Å². The van der Waals surface area contributed by atoms with Crippen LogP contribution in [0.3, 0.4) is 0 Å². The molecule has 1 atom stereocenters. The molecule has 2 aromatic carbocycles. The smallest absolute Gasteiger partial charge is 0.120 e. The summed E-state index contributed by atoms with van der Waals surface area (Å²) in [7, 11) is 1.99. The zero-order valence-corrected chi connectivity index (χ0v) is 12.7. The van der Waals surface area contributed by atoms with Crippen molar-refractivity contribution in [1.82, 2.24) is 5.32 Å². The van der Waals surface area contributed by atoms with E-state index in [0.717, 1.165) is 5.75 Å². The number of ether oxygens (including phenoxy) is 1. The van der Waals surface area contributed by atoms with Crippen molar-refractivity contribution in [2.75, 3.05) is 7.05 Å². The zero-order chi connectivity index (χ0) is 14.5. The monoisotopic (exact) mass is 269 g/mol. The van der Waals surface area contributed by atoms with Gasteiger partial charge in [-0.3, -0.25) is 0 Å². The van der Waals surface area contributed by atoms with E-state index in [1.54, 1.807) is 0 Å². The second-order valence-corrected chi connectivity index (χ2v) is 5.37. The number of nitrogens with one attached hydrogen (secondary N) is 1. The first-order valence-corrected chi connectivity index (χ1v) is 7.10. The maximum absolute atomic E-state index is 5.78. The van der Waals surface area contributed by atoms with E-state index in [4.69, 9.17) is 4.74 Å². The minimum atomic E-state index is 0.186. The molecule has 0 fully saturated rings. The lowest BCUT2D eigenvalue weighted by Gasteiger charge is -2.19. The molecule has 0 aliphatic rings. The Bertz CT molecular complexity index is 546. The van der Waals surface area contributed by atoms with Gasteiger partial charge in [0.15, 0.2) is 0 Å².